The number of halogens is 1. The first-order valence-electron chi connectivity index (χ1n) is 1.53. The van der Waals surface area contributed by atoms with Crippen molar-refractivity contribution >= 4 is 18.2 Å². The van der Waals surface area contributed by atoms with Gasteiger partial charge in [-0.2, -0.15) is 4.98 Å². The van der Waals surface area contributed by atoms with Crippen molar-refractivity contribution in [3.8, 4) is 0 Å². The lowest BCUT2D eigenvalue weighted by Crippen LogP contribution is -1.79. The van der Waals surface area contributed by atoms with Crippen LogP contribution in [0.2, 0.25) is 0 Å². The van der Waals surface area contributed by atoms with E-state index in [0.29, 0.717) is 5.82 Å². The van der Waals surface area contributed by atoms with Gasteiger partial charge in [0.15, 0.2) is 12.2 Å². The van der Waals surface area contributed by atoms with E-state index in [0.717, 1.165) is 0 Å². The number of nitrogens with zero attached hydrogens (tertiary/aromatic N) is 1. The smallest absolute Gasteiger partial charge is 0.182 e. The van der Waals surface area contributed by atoms with Gasteiger partial charge in [-0.05, 0) is 0 Å². The van der Waals surface area contributed by atoms with Crippen LogP contribution in [0.3, 0.4) is 0 Å². The predicted molar refractivity (Wildman–Crippen MR) is 28.2 cm³/mol. The number of anilines is 1. The maximum atomic E-state index is 5.07. The fraction of sp³-hybridized carbons (Fsp3) is 0. The van der Waals surface area contributed by atoms with Crippen LogP contribution in [0.1, 0.15) is 0 Å². The number of rotatable bonds is 0. The molecule has 0 aliphatic rings. The molecule has 0 spiro atoms. The number of hydrogen-bond acceptors (Lipinski definition) is 3. The Morgan fingerprint density at radius 2 is 2.43 bits per heavy atom. The molecule has 0 saturated carbocycles. The lowest BCUT2D eigenvalue weighted by Gasteiger charge is -1.65. The molecule has 1 aromatic rings. The van der Waals surface area contributed by atoms with Crippen molar-refractivity contribution < 1.29 is 4.42 Å². The Morgan fingerprint density at radius 3 is 2.57 bits per heavy atom. The second kappa shape index (κ2) is 2.47. The van der Waals surface area contributed by atoms with Gasteiger partial charge in [0.05, 0.1) is 0 Å². The summed E-state index contributed by atoms with van der Waals surface area (Å²) in [6, 6.07) is 0. The summed E-state index contributed by atoms with van der Waals surface area (Å²) in [6.45, 7) is 0. The Morgan fingerprint density at radius 1 is 1.71 bits per heavy atom. The molecule has 0 saturated heterocycles. The summed E-state index contributed by atoms with van der Waals surface area (Å²) in [7, 11) is 0. The maximum Gasteiger partial charge on any atom is 0.182 e. The summed E-state index contributed by atoms with van der Waals surface area (Å²) in [5.41, 5.74) is 5.07. The summed E-state index contributed by atoms with van der Waals surface area (Å²) < 4.78 is 4.48. The molecule has 1 heterocycles. The fourth-order valence-electron chi connectivity index (χ4n) is 0.222. The molecule has 1 aromatic heterocycles. The van der Waals surface area contributed by atoms with Crippen molar-refractivity contribution in [1.29, 1.82) is 0 Å². The van der Waals surface area contributed by atoms with Crippen molar-refractivity contribution in [2.45, 2.75) is 0 Å². The van der Waals surface area contributed by atoms with Crippen molar-refractivity contribution in [2.24, 2.45) is 0 Å². The predicted octanol–water partition coefficient (Wildman–Crippen LogP) is 0.679. The zero-order valence-electron chi connectivity index (χ0n) is 3.50. The molecule has 0 atom stereocenters. The van der Waals surface area contributed by atoms with Gasteiger partial charge in [0.1, 0.15) is 6.26 Å². The van der Waals surface area contributed by atoms with Gasteiger partial charge in [0.25, 0.3) is 0 Å². The molecule has 40 valence electrons. The van der Waals surface area contributed by atoms with Crippen LogP contribution >= 0.6 is 12.4 Å². The van der Waals surface area contributed by atoms with E-state index in [9.17, 15) is 0 Å². The van der Waals surface area contributed by atoms with Gasteiger partial charge in [0, 0.05) is 0 Å². The zero-order chi connectivity index (χ0) is 4.41. The molecule has 0 radical (unpaired) electrons. The topological polar surface area (TPSA) is 52.0 Å². The summed E-state index contributed by atoms with van der Waals surface area (Å²) >= 11 is 0. The minimum absolute atomic E-state index is 0. The lowest BCUT2D eigenvalue weighted by molar-refractivity contribution is 0.558. The minimum atomic E-state index is 0. The lowest BCUT2D eigenvalue weighted by atomic mass is 10.8. The largest absolute Gasteiger partial charge is 0.449 e. The van der Waals surface area contributed by atoms with E-state index in [2.05, 4.69) is 9.40 Å². The number of aromatic nitrogens is 1. The summed E-state index contributed by atoms with van der Waals surface area (Å²) in [5.74, 6) is 0.426. The van der Waals surface area contributed by atoms with Gasteiger partial charge in [-0.1, -0.05) is 0 Å². The van der Waals surface area contributed by atoms with Crippen molar-refractivity contribution in [1.82, 2.24) is 4.98 Å². The average molecular weight is 121 g/mol. The number of nitrogens with two attached hydrogens (primary N) is 1. The van der Waals surface area contributed by atoms with Crippen molar-refractivity contribution in [3.63, 3.8) is 0 Å². The number of hydrogen-bond donors (Lipinski definition) is 1. The quantitative estimate of drug-likeness (QED) is 0.548. The van der Waals surface area contributed by atoms with E-state index < -0.39 is 0 Å². The monoisotopic (exact) mass is 120 g/mol. The van der Waals surface area contributed by atoms with Crippen LogP contribution in [-0.4, -0.2) is 4.98 Å². The van der Waals surface area contributed by atoms with Gasteiger partial charge < -0.3 is 10.2 Å². The summed E-state index contributed by atoms with van der Waals surface area (Å²) in [6.07, 6.45) is 2.66. The first kappa shape index (κ1) is 6.30. The van der Waals surface area contributed by atoms with E-state index in [1.165, 1.54) is 12.7 Å². The second-order valence-electron chi connectivity index (χ2n) is 0.913. The van der Waals surface area contributed by atoms with Gasteiger partial charge in [0.2, 0.25) is 0 Å². The Balaban J connectivity index is 0.000000360. The van der Waals surface area contributed by atoms with Crippen LogP contribution in [0.5, 0.6) is 0 Å². The fourth-order valence-corrected chi connectivity index (χ4v) is 0.222. The third-order valence-electron chi connectivity index (χ3n) is 0.451. The van der Waals surface area contributed by atoms with Gasteiger partial charge >= 0.3 is 0 Å². The minimum Gasteiger partial charge on any atom is -0.449 e. The average Bonchev–Trinajstić information content (AvgIpc) is 1.86. The van der Waals surface area contributed by atoms with Crippen LogP contribution in [0.4, 0.5) is 5.82 Å². The Bertz CT molecular complexity index is 116. The van der Waals surface area contributed by atoms with Crippen LogP contribution < -0.4 is 5.73 Å². The molecule has 3 nitrogen and oxygen atoms in total. The Kier molecular flexibility index (Phi) is 2.22. The number of nitrogen functional groups attached to an aromatic ring is 1. The SMILES string of the molecule is Cl.Nc1cocn1. The van der Waals surface area contributed by atoms with Crippen LogP contribution in [0, 0.1) is 0 Å². The standard InChI is InChI=1S/C3H4N2O.ClH/c4-3-1-6-2-5-3;/h1-2H,4H2;1H. The first-order chi connectivity index (χ1) is 2.89. The third-order valence-corrected chi connectivity index (χ3v) is 0.451. The Labute approximate surface area is 46.9 Å². The second-order valence-corrected chi connectivity index (χ2v) is 0.913. The highest BCUT2D eigenvalue weighted by molar-refractivity contribution is 5.85. The highest BCUT2D eigenvalue weighted by Gasteiger charge is 1.77. The van der Waals surface area contributed by atoms with Crippen LogP contribution in [0.15, 0.2) is 17.1 Å². The number of oxazole rings is 1. The Hall–Kier alpha value is -0.700. The highest BCUT2D eigenvalue weighted by atomic mass is 35.5. The van der Waals surface area contributed by atoms with Gasteiger partial charge in [-0.3, -0.25) is 0 Å². The van der Waals surface area contributed by atoms with E-state index in [1.807, 2.05) is 0 Å². The molecule has 0 amide bonds. The van der Waals surface area contributed by atoms with Crippen molar-refractivity contribution in [3.05, 3.63) is 12.7 Å². The molecular formula is C3H5ClN2O. The van der Waals surface area contributed by atoms with Crippen LogP contribution in [-0.2, 0) is 0 Å². The summed E-state index contributed by atoms with van der Waals surface area (Å²) in [4.78, 5) is 3.53. The van der Waals surface area contributed by atoms with Gasteiger partial charge in [-0.15, -0.1) is 12.4 Å². The van der Waals surface area contributed by atoms with E-state index in [1.54, 1.807) is 0 Å². The molecule has 0 aliphatic heterocycles. The van der Waals surface area contributed by atoms with Crippen molar-refractivity contribution in [2.75, 3.05) is 5.73 Å². The van der Waals surface area contributed by atoms with E-state index in [4.69, 9.17) is 5.73 Å². The molecule has 4 heteroatoms. The molecule has 0 aliphatic carbocycles. The highest BCUT2D eigenvalue weighted by Crippen LogP contribution is 1.90. The molecule has 0 aromatic carbocycles. The summed E-state index contributed by atoms with van der Waals surface area (Å²) in [5, 5.41) is 0. The normalized spacial score (nSPS) is 7.43. The first-order valence-corrected chi connectivity index (χ1v) is 1.53. The molecular weight excluding hydrogens is 115 g/mol. The molecule has 2 N–H and O–H groups in total. The molecule has 0 unspecified atom stereocenters. The van der Waals surface area contributed by atoms with Gasteiger partial charge in [-0.25, -0.2) is 0 Å². The third kappa shape index (κ3) is 1.45. The molecule has 0 bridgehead atoms. The maximum absolute atomic E-state index is 5.07. The van der Waals surface area contributed by atoms with Crippen LogP contribution in [0.25, 0.3) is 0 Å². The van der Waals surface area contributed by atoms with E-state index in [-0.39, 0.29) is 12.4 Å². The molecule has 7 heavy (non-hydrogen) atoms. The zero-order valence-corrected chi connectivity index (χ0v) is 4.31. The molecule has 0 fully saturated rings. The molecule has 1 rings (SSSR count). The van der Waals surface area contributed by atoms with E-state index >= 15 is 0 Å².